The van der Waals surface area contributed by atoms with E-state index < -0.39 is 10.0 Å². The van der Waals surface area contributed by atoms with Crippen molar-refractivity contribution in [2.24, 2.45) is 0 Å². The van der Waals surface area contributed by atoms with Gasteiger partial charge in [0, 0.05) is 37.5 Å². The predicted molar refractivity (Wildman–Crippen MR) is 123 cm³/mol. The van der Waals surface area contributed by atoms with Gasteiger partial charge in [0.15, 0.2) is 6.54 Å². The number of piperidine rings is 1. The SMILES string of the molecule is CCN(CC(=O)Nc1ccc(NC(C)=O)cc1)c1ccc(S(=O)(=O)N2CCCCC2)c[nH+]1. The van der Waals surface area contributed by atoms with Crippen LogP contribution in [-0.4, -0.2) is 50.7 Å². The lowest BCUT2D eigenvalue weighted by Crippen LogP contribution is -2.38. The molecule has 9 nitrogen and oxygen atoms in total. The van der Waals surface area contributed by atoms with E-state index in [9.17, 15) is 18.0 Å². The molecule has 0 radical (unpaired) electrons. The lowest BCUT2D eigenvalue weighted by molar-refractivity contribution is -0.367. The minimum absolute atomic E-state index is 0.0959. The molecule has 0 unspecified atom stereocenters. The maximum atomic E-state index is 12.8. The predicted octanol–water partition coefficient (Wildman–Crippen LogP) is 2.10. The number of rotatable bonds is 8. The Hall–Kier alpha value is -2.98. The highest BCUT2D eigenvalue weighted by molar-refractivity contribution is 7.89. The molecule has 0 spiro atoms. The van der Waals surface area contributed by atoms with Gasteiger partial charge < -0.3 is 10.6 Å². The minimum Gasteiger partial charge on any atom is -0.326 e. The molecule has 2 amide bonds. The molecule has 2 aromatic rings. The van der Waals surface area contributed by atoms with Crippen LogP contribution < -0.4 is 20.5 Å². The van der Waals surface area contributed by atoms with E-state index in [1.165, 1.54) is 17.4 Å². The van der Waals surface area contributed by atoms with E-state index in [0.717, 1.165) is 19.3 Å². The second kappa shape index (κ2) is 10.6. The second-order valence-electron chi connectivity index (χ2n) is 7.70. The number of aromatic nitrogens is 1. The van der Waals surface area contributed by atoms with E-state index in [1.807, 2.05) is 11.8 Å². The van der Waals surface area contributed by atoms with Crippen molar-refractivity contribution in [3.63, 3.8) is 0 Å². The number of aromatic amines is 1. The minimum atomic E-state index is -3.51. The van der Waals surface area contributed by atoms with Crippen LogP contribution in [0.1, 0.15) is 33.1 Å². The van der Waals surface area contributed by atoms with E-state index >= 15 is 0 Å². The molecule has 1 aromatic carbocycles. The van der Waals surface area contributed by atoms with Crippen LogP contribution in [0.4, 0.5) is 17.2 Å². The second-order valence-corrected chi connectivity index (χ2v) is 9.63. The fourth-order valence-corrected chi connectivity index (χ4v) is 5.08. The molecule has 0 saturated carbocycles. The molecule has 10 heteroatoms. The molecular weight excluding hydrogens is 430 g/mol. The number of sulfonamides is 1. The first-order chi connectivity index (χ1) is 15.3. The number of amides is 2. The Morgan fingerprint density at radius 2 is 1.62 bits per heavy atom. The van der Waals surface area contributed by atoms with Crippen LogP contribution in [0.2, 0.25) is 0 Å². The van der Waals surface area contributed by atoms with Gasteiger partial charge in [0.05, 0.1) is 6.54 Å². The van der Waals surface area contributed by atoms with Gasteiger partial charge >= 0.3 is 0 Å². The van der Waals surface area contributed by atoms with Crippen LogP contribution in [0.3, 0.4) is 0 Å². The van der Waals surface area contributed by atoms with Gasteiger partial charge in [-0.05, 0) is 50.1 Å². The summed E-state index contributed by atoms with van der Waals surface area (Å²) in [4.78, 5) is 28.7. The first kappa shape index (κ1) is 23.7. The van der Waals surface area contributed by atoms with Crippen molar-refractivity contribution in [2.45, 2.75) is 38.0 Å². The van der Waals surface area contributed by atoms with Crippen molar-refractivity contribution in [1.29, 1.82) is 0 Å². The van der Waals surface area contributed by atoms with Crippen LogP contribution >= 0.6 is 0 Å². The molecule has 1 aromatic heterocycles. The van der Waals surface area contributed by atoms with Crippen molar-refractivity contribution >= 4 is 39.0 Å². The largest absolute Gasteiger partial charge is 0.326 e. The van der Waals surface area contributed by atoms with Gasteiger partial charge in [-0.15, -0.1) is 0 Å². The van der Waals surface area contributed by atoms with E-state index in [-0.39, 0.29) is 23.3 Å². The van der Waals surface area contributed by atoms with Gasteiger partial charge in [0.1, 0.15) is 11.1 Å². The van der Waals surface area contributed by atoms with Gasteiger partial charge in [-0.1, -0.05) is 6.42 Å². The van der Waals surface area contributed by atoms with Gasteiger partial charge in [-0.2, -0.15) is 4.31 Å². The molecule has 0 atom stereocenters. The Labute approximate surface area is 188 Å². The summed E-state index contributed by atoms with van der Waals surface area (Å²) in [5, 5.41) is 5.50. The quantitative estimate of drug-likeness (QED) is 0.626. The summed E-state index contributed by atoms with van der Waals surface area (Å²) in [5.41, 5.74) is 1.27. The third kappa shape index (κ3) is 6.04. The summed E-state index contributed by atoms with van der Waals surface area (Å²) in [6.07, 6.45) is 4.32. The summed E-state index contributed by atoms with van der Waals surface area (Å²) in [6, 6.07) is 10.1. The number of nitrogens with one attached hydrogen (secondary N) is 3. The number of hydrogen-bond acceptors (Lipinski definition) is 5. The van der Waals surface area contributed by atoms with Crippen LogP contribution in [0.5, 0.6) is 0 Å². The standard InChI is InChI=1S/C22H29N5O4S/c1-3-26(16-22(29)25-19-9-7-18(8-10-19)24-17(2)28)21-12-11-20(15-23-21)32(30,31)27-13-5-4-6-14-27/h7-12,15H,3-6,13-14,16H2,1-2H3,(H,24,28)(H,25,29)/p+1. The fraction of sp³-hybridized carbons (Fsp3) is 0.409. The van der Waals surface area contributed by atoms with E-state index in [2.05, 4.69) is 15.6 Å². The molecular formula is C22H30N5O4S+. The molecule has 1 aliphatic heterocycles. The van der Waals surface area contributed by atoms with E-state index in [0.29, 0.717) is 36.8 Å². The zero-order chi connectivity index (χ0) is 23.1. The highest BCUT2D eigenvalue weighted by Gasteiger charge is 2.27. The smallest absolute Gasteiger partial charge is 0.274 e. The number of H-pyrrole nitrogens is 1. The third-order valence-corrected chi connectivity index (χ3v) is 7.16. The van der Waals surface area contributed by atoms with E-state index in [4.69, 9.17) is 0 Å². The summed E-state index contributed by atoms with van der Waals surface area (Å²) in [7, 11) is -3.51. The van der Waals surface area contributed by atoms with Crippen molar-refractivity contribution < 1.29 is 23.0 Å². The van der Waals surface area contributed by atoms with Crippen molar-refractivity contribution in [3.05, 3.63) is 42.6 Å². The Morgan fingerprint density at radius 3 is 2.16 bits per heavy atom. The molecule has 32 heavy (non-hydrogen) atoms. The number of nitrogens with zero attached hydrogens (tertiary/aromatic N) is 2. The van der Waals surface area contributed by atoms with Crippen molar-refractivity contribution in [3.8, 4) is 0 Å². The van der Waals surface area contributed by atoms with Gasteiger partial charge in [0.25, 0.3) is 11.7 Å². The molecule has 3 rings (SSSR count). The maximum Gasteiger partial charge on any atom is 0.274 e. The summed E-state index contributed by atoms with van der Waals surface area (Å²) >= 11 is 0. The topological polar surface area (TPSA) is 113 Å². The molecule has 0 aliphatic carbocycles. The van der Waals surface area contributed by atoms with Crippen LogP contribution in [-0.2, 0) is 19.6 Å². The zero-order valence-corrected chi connectivity index (χ0v) is 19.2. The van der Waals surface area contributed by atoms with E-state index in [1.54, 1.807) is 36.4 Å². The number of anilines is 3. The molecule has 1 saturated heterocycles. The fourth-order valence-electron chi connectivity index (χ4n) is 3.60. The van der Waals surface area contributed by atoms with Crippen molar-refractivity contribution in [1.82, 2.24) is 4.31 Å². The van der Waals surface area contributed by atoms with Gasteiger partial charge in [-0.3, -0.25) is 14.5 Å². The van der Waals surface area contributed by atoms with Crippen LogP contribution in [0, 0.1) is 0 Å². The highest BCUT2D eigenvalue weighted by atomic mass is 32.2. The Morgan fingerprint density at radius 1 is 1.00 bits per heavy atom. The number of carbonyl (C=O) groups excluding carboxylic acids is 2. The Kier molecular flexibility index (Phi) is 7.81. The van der Waals surface area contributed by atoms with Gasteiger partial charge in [0.2, 0.25) is 15.9 Å². The Bertz CT molecular complexity index is 1030. The normalized spacial score (nSPS) is 14.6. The number of hydrogen-bond donors (Lipinski definition) is 2. The average molecular weight is 461 g/mol. The van der Waals surface area contributed by atoms with Crippen LogP contribution in [0.25, 0.3) is 0 Å². The van der Waals surface area contributed by atoms with Gasteiger partial charge in [-0.25, -0.2) is 13.4 Å². The Balaban J connectivity index is 1.62. The molecule has 172 valence electrons. The highest BCUT2D eigenvalue weighted by Crippen LogP contribution is 2.20. The lowest BCUT2D eigenvalue weighted by atomic mass is 10.2. The molecule has 1 fully saturated rings. The first-order valence-electron chi connectivity index (χ1n) is 10.7. The monoisotopic (exact) mass is 460 g/mol. The molecule has 1 aliphatic rings. The maximum absolute atomic E-state index is 12.8. The zero-order valence-electron chi connectivity index (χ0n) is 18.4. The number of carbonyl (C=O) groups is 2. The summed E-state index contributed by atoms with van der Waals surface area (Å²) in [5.74, 6) is 0.283. The number of likely N-dealkylation sites (N-methyl/N-ethyl adjacent to an activating group) is 1. The first-order valence-corrected chi connectivity index (χ1v) is 12.2. The summed E-state index contributed by atoms with van der Waals surface area (Å²) < 4.78 is 27.1. The molecule has 0 bridgehead atoms. The number of benzene rings is 1. The summed E-state index contributed by atoms with van der Waals surface area (Å²) in [6.45, 7) is 5.11. The van der Waals surface area contributed by atoms with Crippen molar-refractivity contribution in [2.75, 3.05) is 41.7 Å². The third-order valence-electron chi connectivity index (χ3n) is 5.27. The molecule has 3 N–H and O–H groups in total. The lowest BCUT2D eigenvalue weighted by Gasteiger charge is -2.25. The average Bonchev–Trinajstić information content (AvgIpc) is 2.79. The molecule has 2 heterocycles. The van der Waals surface area contributed by atoms with Crippen LogP contribution in [0.15, 0.2) is 47.5 Å². The number of pyridine rings is 1.